The number of aliphatic hydroxyl groups is 2. The summed E-state index contributed by atoms with van der Waals surface area (Å²) in [5.41, 5.74) is 9.71. The minimum Gasteiger partial charge on any atom is -0.393 e. The highest BCUT2D eigenvalue weighted by molar-refractivity contribution is 5.41. The summed E-state index contributed by atoms with van der Waals surface area (Å²) < 4.78 is 0. The van der Waals surface area contributed by atoms with Crippen LogP contribution in [0.1, 0.15) is 52.4 Å². The van der Waals surface area contributed by atoms with Crippen molar-refractivity contribution in [3.8, 4) is 0 Å². The first-order chi connectivity index (χ1) is 10.4. The molecule has 22 heavy (non-hydrogen) atoms. The Balaban J connectivity index is 1.83. The van der Waals surface area contributed by atoms with Crippen molar-refractivity contribution in [1.29, 1.82) is 0 Å². The number of allylic oxidation sites excluding steroid dienone is 2. The van der Waals surface area contributed by atoms with E-state index in [0.717, 1.165) is 38.5 Å². The molecule has 0 heterocycles. The van der Waals surface area contributed by atoms with Crippen LogP contribution in [0.15, 0.2) is 23.3 Å². The standard InChI is InChI=1S/C19H29NO2/c1-18-7-5-12(21)9-11(18)10-15(20)17-13-3-4-16(22)19(13,2)8-6-14(17)18/h5,7,11-13,15-16,21-22H,3-4,6,8-10,20H2,1-2H3/t11-,12-,13-,15-,16-,18-,19-/m0/s1. The molecule has 0 unspecified atom stereocenters. The van der Waals surface area contributed by atoms with Crippen molar-refractivity contribution in [2.75, 3.05) is 0 Å². The Morgan fingerprint density at radius 2 is 1.95 bits per heavy atom. The van der Waals surface area contributed by atoms with E-state index in [9.17, 15) is 10.2 Å². The first-order valence-electron chi connectivity index (χ1n) is 8.91. The zero-order valence-corrected chi connectivity index (χ0v) is 13.8. The molecule has 122 valence electrons. The first-order valence-corrected chi connectivity index (χ1v) is 8.91. The molecular formula is C19H29NO2. The van der Waals surface area contributed by atoms with Crippen molar-refractivity contribution in [2.45, 2.75) is 70.6 Å². The van der Waals surface area contributed by atoms with Gasteiger partial charge in [-0.1, -0.05) is 31.6 Å². The molecule has 4 aliphatic rings. The van der Waals surface area contributed by atoms with Crippen LogP contribution in [0.25, 0.3) is 0 Å². The van der Waals surface area contributed by atoms with Gasteiger partial charge in [-0.25, -0.2) is 0 Å². The first kappa shape index (κ1) is 14.9. The van der Waals surface area contributed by atoms with E-state index in [0.29, 0.717) is 11.8 Å². The van der Waals surface area contributed by atoms with Crippen LogP contribution in [-0.2, 0) is 0 Å². The normalized spacial score (nSPS) is 54.0. The third-order valence-corrected chi connectivity index (χ3v) is 7.55. The fourth-order valence-electron chi connectivity index (χ4n) is 6.06. The number of rotatable bonds is 0. The van der Waals surface area contributed by atoms with E-state index in [1.165, 1.54) is 11.1 Å². The second-order valence-corrected chi connectivity index (χ2v) is 8.57. The van der Waals surface area contributed by atoms with Gasteiger partial charge in [0.15, 0.2) is 0 Å². The Morgan fingerprint density at radius 1 is 1.18 bits per heavy atom. The van der Waals surface area contributed by atoms with Gasteiger partial charge >= 0.3 is 0 Å². The van der Waals surface area contributed by atoms with Crippen molar-refractivity contribution in [3.05, 3.63) is 23.3 Å². The molecule has 4 aliphatic carbocycles. The van der Waals surface area contributed by atoms with E-state index in [4.69, 9.17) is 5.73 Å². The highest BCUT2D eigenvalue weighted by Gasteiger charge is 2.55. The van der Waals surface area contributed by atoms with Gasteiger partial charge in [0.2, 0.25) is 0 Å². The van der Waals surface area contributed by atoms with Crippen LogP contribution in [0.5, 0.6) is 0 Å². The molecular weight excluding hydrogens is 274 g/mol. The smallest absolute Gasteiger partial charge is 0.0724 e. The number of fused-ring (bicyclic) bond motifs is 4. The van der Waals surface area contributed by atoms with Gasteiger partial charge in [-0.2, -0.15) is 0 Å². The second kappa shape index (κ2) is 4.68. The van der Waals surface area contributed by atoms with Gasteiger partial charge in [-0.15, -0.1) is 0 Å². The summed E-state index contributed by atoms with van der Waals surface area (Å²) in [6.07, 6.45) is 9.68. The zero-order valence-electron chi connectivity index (χ0n) is 13.8. The maximum absolute atomic E-state index is 10.5. The summed E-state index contributed by atoms with van der Waals surface area (Å²) in [4.78, 5) is 0. The monoisotopic (exact) mass is 303 g/mol. The largest absolute Gasteiger partial charge is 0.393 e. The lowest BCUT2D eigenvalue weighted by atomic mass is 9.52. The van der Waals surface area contributed by atoms with Crippen LogP contribution in [0, 0.1) is 22.7 Å². The van der Waals surface area contributed by atoms with Crippen molar-refractivity contribution >= 4 is 0 Å². The summed E-state index contributed by atoms with van der Waals surface area (Å²) in [7, 11) is 0. The van der Waals surface area contributed by atoms with Crippen molar-refractivity contribution in [1.82, 2.24) is 0 Å². The fourth-order valence-corrected chi connectivity index (χ4v) is 6.06. The molecule has 4 N–H and O–H groups in total. The van der Waals surface area contributed by atoms with Crippen LogP contribution in [0.4, 0.5) is 0 Å². The molecule has 3 heteroatoms. The van der Waals surface area contributed by atoms with Gasteiger partial charge in [0.1, 0.15) is 0 Å². The zero-order chi connectivity index (χ0) is 15.7. The molecule has 0 amide bonds. The van der Waals surface area contributed by atoms with Gasteiger partial charge in [0.25, 0.3) is 0 Å². The van der Waals surface area contributed by atoms with Gasteiger partial charge in [-0.3, -0.25) is 0 Å². The summed E-state index contributed by atoms with van der Waals surface area (Å²) >= 11 is 0. The lowest BCUT2D eigenvalue weighted by molar-refractivity contribution is 0.0248. The van der Waals surface area contributed by atoms with E-state index in [-0.39, 0.29) is 29.1 Å². The Morgan fingerprint density at radius 3 is 2.73 bits per heavy atom. The van der Waals surface area contributed by atoms with Gasteiger partial charge in [0.05, 0.1) is 12.2 Å². The number of aliphatic hydroxyl groups excluding tert-OH is 2. The molecule has 0 bridgehead atoms. The topological polar surface area (TPSA) is 66.5 Å². The van der Waals surface area contributed by atoms with E-state index in [2.05, 4.69) is 19.9 Å². The van der Waals surface area contributed by atoms with Crippen LogP contribution in [0.2, 0.25) is 0 Å². The molecule has 0 aromatic heterocycles. The summed E-state index contributed by atoms with van der Waals surface area (Å²) in [6, 6.07) is 0.113. The number of nitrogens with two attached hydrogens (primary N) is 1. The molecule has 0 saturated heterocycles. The third-order valence-electron chi connectivity index (χ3n) is 7.55. The Kier molecular flexibility index (Phi) is 3.18. The lowest BCUT2D eigenvalue weighted by Gasteiger charge is -2.54. The Labute approximate surface area is 133 Å². The van der Waals surface area contributed by atoms with E-state index < -0.39 is 0 Å². The van der Waals surface area contributed by atoms with Gasteiger partial charge < -0.3 is 15.9 Å². The molecule has 0 spiro atoms. The molecule has 7 atom stereocenters. The van der Waals surface area contributed by atoms with Gasteiger partial charge in [0, 0.05) is 16.9 Å². The molecule has 4 rings (SSSR count). The van der Waals surface area contributed by atoms with Crippen molar-refractivity contribution < 1.29 is 10.2 Å². The molecule has 0 radical (unpaired) electrons. The molecule has 3 nitrogen and oxygen atoms in total. The summed E-state index contributed by atoms with van der Waals surface area (Å²) in [6.45, 7) is 4.61. The number of hydrogen-bond donors (Lipinski definition) is 3. The molecule has 0 aliphatic heterocycles. The summed E-state index contributed by atoms with van der Waals surface area (Å²) in [5, 5.41) is 20.5. The van der Waals surface area contributed by atoms with Crippen LogP contribution in [-0.4, -0.2) is 28.5 Å². The SMILES string of the molecule is C[C@]12CCC3=C([C@@H](N)C[C@@H]4C[C@@H](O)C=C[C@]34C)[C@@H]1CC[C@@H]2O. The minimum absolute atomic E-state index is 0.0253. The van der Waals surface area contributed by atoms with E-state index in [1.54, 1.807) is 0 Å². The Hall–Kier alpha value is -0.640. The number of hydrogen-bond acceptors (Lipinski definition) is 3. The van der Waals surface area contributed by atoms with Crippen LogP contribution in [0.3, 0.4) is 0 Å². The molecule has 1 saturated carbocycles. The quantitative estimate of drug-likeness (QED) is 0.602. The van der Waals surface area contributed by atoms with Crippen LogP contribution >= 0.6 is 0 Å². The second-order valence-electron chi connectivity index (χ2n) is 8.57. The average Bonchev–Trinajstić information content (AvgIpc) is 2.77. The lowest BCUT2D eigenvalue weighted by Crippen LogP contribution is -2.50. The third kappa shape index (κ3) is 1.79. The van der Waals surface area contributed by atoms with E-state index >= 15 is 0 Å². The molecule has 0 aromatic carbocycles. The predicted octanol–water partition coefficient (Wildman–Crippen LogP) is 2.53. The van der Waals surface area contributed by atoms with Gasteiger partial charge in [-0.05, 0) is 55.9 Å². The van der Waals surface area contributed by atoms with Crippen LogP contribution < -0.4 is 5.73 Å². The maximum atomic E-state index is 10.5. The van der Waals surface area contributed by atoms with E-state index in [1.807, 2.05) is 6.08 Å². The Bertz CT molecular complexity index is 554. The predicted molar refractivity (Wildman–Crippen MR) is 87.1 cm³/mol. The average molecular weight is 303 g/mol. The summed E-state index contributed by atoms with van der Waals surface area (Å²) in [5.74, 6) is 0.913. The molecule has 1 fully saturated rings. The highest BCUT2D eigenvalue weighted by Crippen LogP contribution is 2.62. The highest BCUT2D eigenvalue weighted by atomic mass is 16.3. The van der Waals surface area contributed by atoms with Crippen molar-refractivity contribution in [3.63, 3.8) is 0 Å². The molecule has 0 aromatic rings. The van der Waals surface area contributed by atoms with Crippen molar-refractivity contribution in [2.24, 2.45) is 28.4 Å². The minimum atomic E-state index is -0.311. The maximum Gasteiger partial charge on any atom is 0.0724 e. The fraction of sp³-hybridized carbons (Fsp3) is 0.789.